The number of nitrogens with one attached hydrogen (secondary N) is 1. The van der Waals surface area contributed by atoms with Crippen LogP contribution in [0, 0.1) is 0 Å². The van der Waals surface area contributed by atoms with E-state index in [1.54, 1.807) is 21.3 Å². The van der Waals surface area contributed by atoms with Gasteiger partial charge in [-0.3, -0.25) is 4.90 Å². The second kappa shape index (κ2) is 6.34. The summed E-state index contributed by atoms with van der Waals surface area (Å²) in [5, 5.41) is 11.4. The van der Waals surface area contributed by atoms with Gasteiger partial charge in [-0.2, -0.15) is 0 Å². The molecule has 6 heteroatoms. The Morgan fingerprint density at radius 2 is 1.75 bits per heavy atom. The molecule has 0 fully saturated rings. The molecule has 3 aromatic rings. The summed E-state index contributed by atoms with van der Waals surface area (Å²) in [5.74, 6) is 2.23. The predicted octanol–water partition coefficient (Wildman–Crippen LogP) is 3.55. The van der Waals surface area contributed by atoms with E-state index in [-0.39, 0.29) is 11.8 Å². The van der Waals surface area contributed by atoms with Crippen molar-refractivity contribution in [3.05, 3.63) is 46.6 Å². The van der Waals surface area contributed by atoms with Crippen molar-refractivity contribution in [3.63, 3.8) is 0 Å². The highest BCUT2D eigenvalue weighted by Gasteiger charge is 2.34. The molecule has 3 heterocycles. The maximum Gasteiger partial charge on any atom is 0.162 e. The normalized spacial score (nSPS) is 18.3. The lowest BCUT2D eigenvalue weighted by Crippen LogP contribution is -2.39. The minimum atomic E-state index is 0.218. The number of rotatable bonds is 3. The minimum absolute atomic E-state index is 0.218. The Morgan fingerprint density at radius 3 is 2.50 bits per heavy atom. The van der Waals surface area contributed by atoms with Gasteiger partial charge in [0.05, 0.1) is 21.3 Å². The Bertz CT molecular complexity index is 1070. The van der Waals surface area contributed by atoms with Gasteiger partial charge < -0.3 is 24.3 Å². The Morgan fingerprint density at radius 1 is 1.00 bits per heavy atom. The van der Waals surface area contributed by atoms with Crippen LogP contribution in [0.2, 0.25) is 0 Å². The molecule has 146 valence electrons. The van der Waals surface area contributed by atoms with E-state index in [0.717, 1.165) is 42.9 Å². The third-order valence-corrected chi connectivity index (χ3v) is 6.17. The van der Waals surface area contributed by atoms with Gasteiger partial charge in [-0.05, 0) is 47.7 Å². The summed E-state index contributed by atoms with van der Waals surface area (Å²) in [6, 6.07) is 8.23. The highest BCUT2D eigenvalue weighted by Crippen LogP contribution is 2.44. The van der Waals surface area contributed by atoms with Crippen molar-refractivity contribution in [2.45, 2.75) is 25.4 Å². The van der Waals surface area contributed by atoms with Crippen LogP contribution in [0.3, 0.4) is 0 Å². The summed E-state index contributed by atoms with van der Waals surface area (Å²) in [4.78, 5) is 6.09. The van der Waals surface area contributed by atoms with Gasteiger partial charge in [0, 0.05) is 41.8 Å². The van der Waals surface area contributed by atoms with Crippen LogP contribution >= 0.6 is 0 Å². The summed E-state index contributed by atoms with van der Waals surface area (Å²) < 4.78 is 16.3. The summed E-state index contributed by atoms with van der Waals surface area (Å²) in [7, 11) is 4.92. The van der Waals surface area contributed by atoms with Crippen molar-refractivity contribution >= 4 is 10.9 Å². The third-order valence-electron chi connectivity index (χ3n) is 6.17. The van der Waals surface area contributed by atoms with Crippen LogP contribution in [0.25, 0.3) is 10.9 Å². The summed E-state index contributed by atoms with van der Waals surface area (Å²) in [6.45, 7) is 1.85. The smallest absolute Gasteiger partial charge is 0.162 e. The van der Waals surface area contributed by atoms with Crippen molar-refractivity contribution in [2.24, 2.45) is 0 Å². The van der Waals surface area contributed by atoms with Crippen molar-refractivity contribution in [1.82, 2.24) is 9.88 Å². The minimum Gasteiger partial charge on any atom is -0.504 e. The first-order valence-corrected chi connectivity index (χ1v) is 9.52. The Labute approximate surface area is 163 Å². The van der Waals surface area contributed by atoms with Gasteiger partial charge in [-0.1, -0.05) is 0 Å². The zero-order valence-corrected chi connectivity index (χ0v) is 16.3. The molecule has 2 aromatic carbocycles. The first kappa shape index (κ1) is 17.3. The Kier molecular flexibility index (Phi) is 3.91. The molecule has 0 radical (unpaired) electrons. The molecule has 28 heavy (non-hydrogen) atoms. The fraction of sp³-hybridized carbons (Fsp3) is 0.364. The summed E-state index contributed by atoms with van der Waals surface area (Å²) in [5.41, 5.74) is 6.13. The fourth-order valence-corrected chi connectivity index (χ4v) is 4.76. The second-order valence-electron chi connectivity index (χ2n) is 7.50. The van der Waals surface area contributed by atoms with Crippen LogP contribution in [-0.2, 0) is 19.4 Å². The lowest BCUT2D eigenvalue weighted by Gasteiger charge is -2.40. The van der Waals surface area contributed by atoms with E-state index in [1.807, 2.05) is 18.2 Å². The van der Waals surface area contributed by atoms with Crippen LogP contribution in [0.4, 0.5) is 0 Å². The molecule has 6 nitrogen and oxygen atoms in total. The molecule has 2 N–H and O–H groups in total. The molecule has 0 aliphatic carbocycles. The molecule has 2 aliphatic rings. The Balaban J connectivity index is 1.62. The van der Waals surface area contributed by atoms with Crippen molar-refractivity contribution in [1.29, 1.82) is 0 Å². The number of benzene rings is 2. The number of aromatic amines is 1. The van der Waals surface area contributed by atoms with Gasteiger partial charge in [0.2, 0.25) is 0 Å². The molecular weight excluding hydrogens is 356 g/mol. The van der Waals surface area contributed by atoms with E-state index in [9.17, 15) is 5.11 Å². The number of phenols is 1. The molecule has 2 aliphatic heterocycles. The number of hydrogen-bond acceptors (Lipinski definition) is 5. The van der Waals surface area contributed by atoms with Gasteiger partial charge in [0.25, 0.3) is 0 Å². The predicted molar refractivity (Wildman–Crippen MR) is 107 cm³/mol. The van der Waals surface area contributed by atoms with E-state index in [1.165, 1.54) is 27.8 Å². The van der Waals surface area contributed by atoms with E-state index in [2.05, 4.69) is 16.0 Å². The molecule has 0 saturated carbocycles. The quantitative estimate of drug-likeness (QED) is 0.727. The van der Waals surface area contributed by atoms with E-state index in [4.69, 9.17) is 14.2 Å². The number of aromatic nitrogens is 1. The first-order chi connectivity index (χ1) is 13.6. The largest absolute Gasteiger partial charge is 0.504 e. The van der Waals surface area contributed by atoms with Crippen LogP contribution in [0.5, 0.6) is 23.0 Å². The van der Waals surface area contributed by atoms with Gasteiger partial charge in [-0.15, -0.1) is 0 Å². The zero-order chi connectivity index (χ0) is 19.4. The number of fused-ring (bicyclic) bond motifs is 6. The SMILES string of the molecule is COc1cc2c(cc1O)CCN1Cc3[nH]c4cc(OC)c(OC)cc4c3CC21. The van der Waals surface area contributed by atoms with Crippen LogP contribution in [0.1, 0.15) is 28.4 Å². The summed E-state index contributed by atoms with van der Waals surface area (Å²) >= 11 is 0. The molecule has 1 unspecified atom stereocenters. The van der Waals surface area contributed by atoms with Gasteiger partial charge in [0.1, 0.15) is 0 Å². The summed E-state index contributed by atoms with van der Waals surface area (Å²) in [6.07, 6.45) is 1.84. The molecule has 0 spiro atoms. The van der Waals surface area contributed by atoms with Crippen LogP contribution < -0.4 is 14.2 Å². The Hall–Kier alpha value is -2.86. The highest BCUT2D eigenvalue weighted by atomic mass is 16.5. The van der Waals surface area contributed by atoms with Crippen molar-refractivity contribution < 1.29 is 19.3 Å². The number of methoxy groups -OCH3 is 3. The van der Waals surface area contributed by atoms with Gasteiger partial charge >= 0.3 is 0 Å². The number of aromatic hydroxyl groups is 1. The average Bonchev–Trinajstić information content (AvgIpc) is 3.06. The van der Waals surface area contributed by atoms with Gasteiger partial charge in [0.15, 0.2) is 23.0 Å². The lowest BCUT2D eigenvalue weighted by molar-refractivity contribution is 0.159. The molecule has 1 aromatic heterocycles. The number of nitrogens with zero attached hydrogens (tertiary/aromatic N) is 1. The second-order valence-corrected chi connectivity index (χ2v) is 7.50. The third kappa shape index (κ3) is 2.44. The van der Waals surface area contributed by atoms with Crippen LogP contribution in [-0.4, -0.2) is 42.9 Å². The maximum absolute atomic E-state index is 10.2. The molecule has 0 amide bonds. The number of H-pyrrole nitrogens is 1. The van der Waals surface area contributed by atoms with E-state index in [0.29, 0.717) is 5.75 Å². The highest BCUT2D eigenvalue weighted by molar-refractivity contribution is 5.88. The average molecular weight is 380 g/mol. The van der Waals surface area contributed by atoms with Gasteiger partial charge in [-0.25, -0.2) is 0 Å². The molecule has 5 rings (SSSR count). The lowest BCUT2D eigenvalue weighted by atomic mass is 9.85. The standard InChI is InChI=1S/C22H24N2O4/c1-26-20-8-13-12(6-19(20)25)4-5-24-11-17-14(7-18(13)24)15-9-21(27-2)22(28-3)10-16(15)23-17/h6,8-10,18,23,25H,4-5,7,11H2,1-3H3. The van der Waals surface area contributed by atoms with E-state index < -0.39 is 0 Å². The van der Waals surface area contributed by atoms with Crippen LogP contribution in [0.15, 0.2) is 24.3 Å². The monoisotopic (exact) mass is 380 g/mol. The molecule has 1 atom stereocenters. The topological polar surface area (TPSA) is 67.0 Å². The number of hydrogen-bond donors (Lipinski definition) is 2. The van der Waals surface area contributed by atoms with E-state index >= 15 is 0 Å². The number of phenolic OH excluding ortho intramolecular Hbond substituents is 1. The van der Waals surface area contributed by atoms with Crippen molar-refractivity contribution in [2.75, 3.05) is 27.9 Å². The molecule has 0 bridgehead atoms. The first-order valence-electron chi connectivity index (χ1n) is 9.52. The van der Waals surface area contributed by atoms with Crippen molar-refractivity contribution in [3.8, 4) is 23.0 Å². The zero-order valence-electron chi connectivity index (χ0n) is 16.3. The maximum atomic E-state index is 10.2. The molecular formula is C22H24N2O4. The number of ether oxygens (including phenoxy) is 3. The molecule has 0 saturated heterocycles. The fourth-order valence-electron chi connectivity index (χ4n) is 4.76.